The molecule has 0 radical (unpaired) electrons. The van der Waals surface area contributed by atoms with E-state index in [2.05, 4.69) is 6.92 Å². The summed E-state index contributed by atoms with van der Waals surface area (Å²) >= 11 is 0. The first-order valence-corrected chi connectivity index (χ1v) is 34.9. The molecule has 11 rings (SSSR count). The number of Topliss-reactive ketones (excluding diaryl/α,β-unsaturated/α-hetero) is 1. The number of aliphatic hydroxyl groups excluding tert-OH is 7. The first kappa shape index (κ1) is 76.9. The molecular formula is C70H106O29. The molecule has 560 valence electrons. The number of hydrogen-bond acceptors (Lipinski definition) is 29. The first-order valence-electron chi connectivity index (χ1n) is 34.9. The van der Waals surface area contributed by atoms with Crippen molar-refractivity contribution < 1.29 is 141 Å². The summed E-state index contributed by atoms with van der Waals surface area (Å²) in [4.78, 5) is 27.1. The van der Waals surface area contributed by atoms with E-state index in [-0.39, 0.29) is 44.6 Å². The molecule has 99 heavy (non-hydrogen) atoms. The second-order valence-corrected chi connectivity index (χ2v) is 29.3. The molecule has 0 spiro atoms. The summed E-state index contributed by atoms with van der Waals surface area (Å²) in [6.45, 7) is 11.0. The van der Waals surface area contributed by atoms with Gasteiger partial charge in [-0.25, -0.2) is 4.79 Å². The molecule has 34 unspecified atom stereocenters. The second-order valence-electron chi connectivity index (χ2n) is 29.3. The van der Waals surface area contributed by atoms with E-state index >= 15 is 0 Å². The van der Waals surface area contributed by atoms with E-state index in [9.17, 15) is 60.7 Å². The normalized spacial score (nSPS) is 49.5. The number of hydrogen-bond donors (Lipinski definition) is 10. The SMILES string of the molecule is COC1CC(OC2CCC3(C)C(=CCC4(O)C3CC(OC(=O)C=Cc3ccccc3)C3(C)C(O)(C(C)=O)CCC43O)C2)OC(C)C1OC1CC(OC)C(OC2CC(OC)C(OC3CC(OC)C(OC4OC(COC5OC(CO)C(O)C(O)C5O)C(O)C(O)C4O)C(C)O3)C(C)O2)C(C)O1. The van der Waals surface area contributed by atoms with Gasteiger partial charge in [0.05, 0.1) is 73.6 Å². The number of rotatable bonds is 22. The predicted molar refractivity (Wildman–Crippen MR) is 341 cm³/mol. The standard InChI is InChI=1S/C70H106O29/c1-33-60(41(83-8)26-50(88-33)92-40-20-21-66(6)39(25-40)19-22-69(81)47(66)30-48(95-49(73)18-17-38-15-13-12-14-16-38)67(7)68(80,37(5)72)23-24-70(67,69)82)96-51-27-42(84-9)61(34(2)89-51)97-52-28-43(85-10)62(35(3)90-52)98-53-29-44(86-11)63(36(4)91-53)99-65-59(79)57(77)55(75)46(94-65)32-87-64-58(78)56(76)54(74)45(31-71)93-64/h12-19,33-36,40-48,50-65,71,74-82H,20-32H2,1-11H3. The van der Waals surface area contributed by atoms with Crippen LogP contribution in [0.1, 0.15) is 125 Å². The molecule has 0 amide bonds. The van der Waals surface area contributed by atoms with Crippen LogP contribution in [0.5, 0.6) is 0 Å². The molecule has 29 heteroatoms. The summed E-state index contributed by atoms with van der Waals surface area (Å²) in [6.07, 6.45) is -20.3. The topological polar surface area (TPSA) is 393 Å². The highest BCUT2D eigenvalue weighted by atomic mass is 16.8. The molecule has 0 aromatic heterocycles. The van der Waals surface area contributed by atoms with E-state index in [0.717, 1.165) is 11.1 Å². The minimum Gasteiger partial charge on any atom is -0.458 e. The minimum atomic E-state index is -2.07. The van der Waals surface area contributed by atoms with Crippen molar-refractivity contribution in [3.63, 3.8) is 0 Å². The molecule has 6 saturated heterocycles. The van der Waals surface area contributed by atoms with Crippen molar-refractivity contribution >= 4 is 17.8 Å². The van der Waals surface area contributed by atoms with Crippen LogP contribution < -0.4 is 0 Å². The maximum atomic E-state index is 13.7. The summed E-state index contributed by atoms with van der Waals surface area (Å²) in [5, 5.41) is 111. The smallest absolute Gasteiger partial charge is 0.331 e. The minimum absolute atomic E-state index is 0.0547. The quantitative estimate of drug-likeness (QED) is 0.0438. The average molecular weight is 1410 g/mol. The molecular weight excluding hydrogens is 1300 g/mol. The molecule has 10 N–H and O–H groups in total. The molecule has 1 aromatic rings. The Balaban J connectivity index is 0.658. The lowest BCUT2D eigenvalue weighted by atomic mass is 9.42. The molecule has 3 saturated carbocycles. The summed E-state index contributed by atoms with van der Waals surface area (Å²) in [6, 6.07) is 9.24. The number of esters is 1. The molecule has 0 bridgehead atoms. The first-order chi connectivity index (χ1) is 47.0. The summed E-state index contributed by atoms with van der Waals surface area (Å²) in [5.74, 6) is -1.88. The number of ether oxygens (including phenoxy) is 17. The van der Waals surface area contributed by atoms with Gasteiger partial charge in [-0.2, -0.15) is 0 Å². The van der Waals surface area contributed by atoms with Crippen molar-refractivity contribution in [1.82, 2.24) is 0 Å². The predicted octanol–water partition coefficient (Wildman–Crippen LogP) is 0.884. The zero-order valence-electron chi connectivity index (χ0n) is 58.3. The second kappa shape index (κ2) is 31.1. The summed E-state index contributed by atoms with van der Waals surface area (Å²) < 4.78 is 106. The van der Waals surface area contributed by atoms with Crippen LogP contribution in [0.25, 0.3) is 6.08 Å². The van der Waals surface area contributed by atoms with Gasteiger partial charge in [-0.05, 0) is 104 Å². The largest absolute Gasteiger partial charge is 0.458 e. The lowest BCUT2D eigenvalue weighted by Gasteiger charge is -2.67. The van der Waals surface area contributed by atoms with Crippen molar-refractivity contribution in [1.29, 1.82) is 0 Å². The Labute approximate surface area is 577 Å². The fourth-order valence-electron chi connectivity index (χ4n) is 17.9. The molecule has 34 atom stereocenters. The number of benzene rings is 1. The highest BCUT2D eigenvalue weighted by Crippen LogP contribution is 2.71. The lowest BCUT2D eigenvalue weighted by molar-refractivity contribution is -0.363. The van der Waals surface area contributed by atoms with E-state index in [1.165, 1.54) is 20.1 Å². The van der Waals surface area contributed by atoms with Gasteiger partial charge in [0, 0.05) is 66.1 Å². The van der Waals surface area contributed by atoms with Crippen molar-refractivity contribution in [3.05, 3.63) is 53.6 Å². The van der Waals surface area contributed by atoms with Crippen molar-refractivity contribution in [2.45, 2.75) is 308 Å². The van der Waals surface area contributed by atoms with Gasteiger partial charge in [-0.3, -0.25) is 4.79 Å². The van der Waals surface area contributed by atoms with Crippen molar-refractivity contribution in [2.75, 3.05) is 41.7 Å². The van der Waals surface area contributed by atoms with E-state index in [1.807, 2.05) is 57.2 Å². The van der Waals surface area contributed by atoms with Gasteiger partial charge in [0.2, 0.25) is 0 Å². The molecule has 29 nitrogen and oxygen atoms in total. The fourth-order valence-corrected chi connectivity index (χ4v) is 17.9. The number of carbonyl (C=O) groups excluding carboxylic acids is 2. The maximum absolute atomic E-state index is 13.7. The Bertz CT molecular complexity index is 2930. The Morgan fingerprint density at radius 3 is 1.55 bits per heavy atom. The van der Waals surface area contributed by atoms with Gasteiger partial charge < -0.3 is 132 Å². The van der Waals surface area contributed by atoms with Crippen LogP contribution in [0.3, 0.4) is 0 Å². The van der Waals surface area contributed by atoms with Gasteiger partial charge in [0.25, 0.3) is 0 Å². The Morgan fingerprint density at radius 1 is 0.576 bits per heavy atom. The van der Waals surface area contributed by atoms with Crippen LogP contribution in [0.4, 0.5) is 0 Å². The zero-order chi connectivity index (χ0) is 71.4. The molecule has 1 aromatic carbocycles. The Morgan fingerprint density at radius 2 is 1.05 bits per heavy atom. The Hall–Kier alpha value is -3.20. The number of aliphatic hydroxyl groups is 10. The van der Waals surface area contributed by atoms with Crippen LogP contribution in [-0.2, 0) is 90.1 Å². The third kappa shape index (κ3) is 14.6. The van der Waals surface area contributed by atoms with Gasteiger partial charge in [-0.15, -0.1) is 0 Å². The van der Waals surface area contributed by atoms with E-state index in [1.54, 1.807) is 41.3 Å². The zero-order valence-corrected chi connectivity index (χ0v) is 58.3. The molecule has 9 fully saturated rings. The van der Waals surface area contributed by atoms with Crippen LogP contribution in [-0.4, -0.2) is 293 Å². The maximum Gasteiger partial charge on any atom is 0.331 e. The monoisotopic (exact) mass is 1410 g/mol. The van der Waals surface area contributed by atoms with Crippen LogP contribution in [0, 0.1) is 16.7 Å². The third-order valence-electron chi connectivity index (χ3n) is 23.8. The molecule has 6 aliphatic heterocycles. The van der Waals surface area contributed by atoms with Crippen molar-refractivity contribution in [3.8, 4) is 0 Å². The average Bonchev–Trinajstić information content (AvgIpc) is 1.57. The van der Waals surface area contributed by atoms with Crippen LogP contribution in [0.2, 0.25) is 0 Å². The molecule has 4 aliphatic carbocycles. The van der Waals surface area contributed by atoms with E-state index in [4.69, 9.17) is 80.5 Å². The molecule has 6 heterocycles. The number of ketones is 1. The number of carbonyl (C=O) groups is 2. The fraction of sp³-hybridized carbons (Fsp3) is 0.829. The van der Waals surface area contributed by atoms with Crippen LogP contribution in [0.15, 0.2) is 48.1 Å². The van der Waals surface area contributed by atoms with Gasteiger partial charge >= 0.3 is 5.97 Å². The lowest BCUT2D eigenvalue weighted by Crippen LogP contribution is -2.78. The van der Waals surface area contributed by atoms with Gasteiger partial charge in [-0.1, -0.05) is 48.9 Å². The third-order valence-corrected chi connectivity index (χ3v) is 23.8. The van der Waals surface area contributed by atoms with E-state index < -0.39 is 224 Å². The van der Waals surface area contributed by atoms with Gasteiger partial charge in [0.1, 0.15) is 96.2 Å². The summed E-state index contributed by atoms with van der Waals surface area (Å²) in [7, 11) is 6.25. The van der Waals surface area contributed by atoms with Crippen molar-refractivity contribution in [2.24, 2.45) is 16.7 Å². The highest BCUT2D eigenvalue weighted by molar-refractivity contribution is 5.89. The summed E-state index contributed by atoms with van der Waals surface area (Å²) in [5.41, 5.74) is -6.45. The molecule has 10 aliphatic rings. The van der Waals surface area contributed by atoms with E-state index in [0.29, 0.717) is 32.1 Å². The van der Waals surface area contributed by atoms with Gasteiger partial charge in [0.15, 0.2) is 43.5 Å². The highest BCUT2D eigenvalue weighted by Gasteiger charge is 2.81. The Kier molecular flexibility index (Phi) is 24.2. The van der Waals surface area contributed by atoms with Crippen LogP contribution >= 0.6 is 0 Å². The number of methoxy groups -OCH3 is 4. The number of fused-ring (bicyclic) bond motifs is 5.